The molecule has 0 bridgehead atoms. The molecule has 2 fully saturated rings. The molecular weight excluding hydrogens is 307 g/mol. The van der Waals surface area contributed by atoms with Gasteiger partial charge in [0.05, 0.1) is 31.6 Å². The number of ether oxygens (including phenoxy) is 1. The van der Waals surface area contributed by atoms with Crippen molar-refractivity contribution in [3.8, 4) is 0 Å². The highest BCUT2D eigenvalue weighted by molar-refractivity contribution is 5.97. The zero-order valence-corrected chi connectivity index (χ0v) is 13.5. The number of aromatic nitrogens is 1. The van der Waals surface area contributed by atoms with Gasteiger partial charge < -0.3 is 9.64 Å². The van der Waals surface area contributed by atoms with Gasteiger partial charge in [0.1, 0.15) is 5.82 Å². The molecule has 1 aromatic heterocycles. The van der Waals surface area contributed by atoms with Crippen LogP contribution in [0.5, 0.6) is 0 Å². The van der Waals surface area contributed by atoms with Crippen LogP contribution in [0.15, 0.2) is 42.7 Å². The summed E-state index contributed by atoms with van der Waals surface area (Å²) in [5.74, 6) is 0.587. The van der Waals surface area contributed by atoms with E-state index in [4.69, 9.17) is 4.74 Å². The lowest BCUT2D eigenvalue weighted by molar-refractivity contribution is -0.121. The normalized spacial score (nSPS) is 24.5. The van der Waals surface area contributed by atoms with Crippen molar-refractivity contribution in [2.24, 2.45) is 17.8 Å². The van der Waals surface area contributed by atoms with Crippen LogP contribution in [-0.4, -0.2) is 24.1 Å². The maximum absolute atomic E-state index is 13.1. The third-order valence-corrected chi connectivity index (χ3v) is 4.93. The maximum Gasteiger partial charge on any atom is 0.231 e. The molecule has 0 radical (unpaired) electrons. The van der Waals surface area contributed by atoms with E-state index in [9.17, 15) is 9.18 Å². The molecule has 24 heavy (non-hydrogen) atoms. The highest BCUT2D eigenvalue weighted by atomic mass is 19.1. The SMILES string of the molecule is Cc1cncc(N(Cc2ccc(F)cc2)C(=O)C2[C@H]3COC[C@@H]23)c1. The molecule has 0 N–H and O–H groups in total. The van der Waals surface area contributed by atoms with Gasteiger partial charge in [-0.05, 0) is 48.1 Å². The zero-order valence-electron chi connectivity index (χ0n) is 13.5. The predicted molar refractivity (Wildman–Crippen MR) is 87.9 cm³/mol. The number of halogens is 1. The van der Waals surface area contributed by atoms with Gasteiger partial charge in [-0.2, -0.15) is 0 Å². The maximum atomic E-state index is 13.1. The van der Waals surface area contributed by atoms with E-state index in [0.29, 0.717) is 31.6 Å². The molecule has 4 rings (SSSR count). The molecule has 0 spiro atoms. The quantitative estimate of drug-likeness (QED) is 0.867. The standard InChI is InChI=1S/C19H19FN2O2/c1-12-6-15(8-21-7-12)22(9-13-2-4-14(20)5-3-13)19(23)18-16-10-24-11-17(16)18/h2-8,16-18H,9-11H2,1H3/t16-,17+,18?. The minimum absolute atomic E-state index is 0.0414. The van der Waals surface area contributed by atoms with Crippen LogP contribution in [0.1, 0.15) is 11.1 Å². The summed E-state index contributed by atoms with van der Waals surface area (Å²) in [4.78, 5) is 19.1. The highest BCUT2D eigenvalue weighted by Crippen LogP contribution is 2.52. The fraction of sp³-hybridized carbons (Fsp3) is 0.368. The van der Waals surface area contributed by atoms with Crippen molar-refractivity contribution in [3.05, 3.63) is 59.7 Å². The van der Waals surface area contributed by atoms with E-state index in [2.05, 4.69) is 4.98 Å². The van der Waals surface area contributed by atoms with Gasteiger partial charge in [0, 0.05) is 12.1 Å². The minimum Gasteiger partial charge on any atom is -0.381 e. The van der Waals surface area contributed by atoms with Crippen molar-refractivity contribution >= 4 is 11.6 Å². The lowest BCUT2D eigenvalue weighted by Gasteiger charge is -2.24. The fourth-order valence-corrected chi connectivity index (χ4v) is 3.54. The Labute approximate surface area is 140 Å². The summed E-state index contributed by atoms with van der Waals surface area (Å²) in [7, 11) is 0. The topological polar surface area (TPSA) is 42.4 Å². The molecule has 3 atom stereocenters. The molecular formula is C19H19FN2O2. The van der Waals surface area contributed by atoms with Gasteiger partial charge in [-0.15, -0.1) is 0 Å². The predicted octanol–water partition coefficient (Wildman–Crippen LogP) is 2.95. The molecule has 5 heteroatoms. The van der Waals surface area contributed by atoms with E-state index < -0.39 is 0 Å². The third kappa shape index (κ3) is 2.80. The molecule has 4 nitrogen and oxygen atoms in total. The number of benzene rings is 1. The van der Waals surface area contributed by atoms with Crippen molar-refractivity contribution in [2.45, 2.75) is 13.5 Å². The van der Waals surface area contributed by atoms with E-state index in [0.717, 1.165) is 16.8 Å². The molecule has 1 aliphatic carbocycles. The first-order valence-electron chi connectivity index (χ1n) is 8.19. The largest absolute Gasteiger partial charge is 0.381 e. The molecule has 1 saturated heterocycles. The summed E-state index contributed by atoms with van der Waals surface area (Å²) in [5.41, 5.74) is 2.69. The van der Waals surface area contributed by atoms with Gasteiger partial charge in [-0.1, -0.05) is 12.1 Å². The molecule has 1 unspecified atom stereocenters. The second kappa shape index (κ2) is 5.98. The Kier molecular flexibility index (Phi) is 3.81. The van der Waals surface area contributed by atoms with Gasteiger partial charge in [0.2, 0.25) is 5.91 Å². The Morgan fingerprint density at radius 3 is 2.62 bits per heavy atom. The number of hydrogen-bond acceptors (Lipinski definition) is 3. The van der Waals surface area contributed by atoms with Crippen LogP contribution in [0.25, 0.3) is 0 Å². The van der Waals surface area contributed by atoms with Crippen LogP contribution in [0.3, 0.4) is 0 Å². The number of nitrogens with zero attached hydrogens (tertiary/aromatic N) is 2. The van der Waals surface area contributed by atoms with Crippen LogP contribution in [0, 0.1) is 30.5 Å². The number of carbonyl (C=O) groups is 1. The molecule has 1 aromatic carbocycles. The number of fused-ring (bicyclic) bond motifs is 1. The van der Waals surface area contributed by atoms with Crippen LogP contribution >= 0.6 is 0 Å². The van der Waals surface area contributed by atoms with E-state index in [1.165, 1.54) is 12.1 Å². The Morgan fingerprint density at radius 1 is 1.25 bits per heavy atom. The lowest BCUT2D eigenvalue weighted by atomic mass is 10.1. The summed E-state index contributed by atoms with van der Waals surface area (Å²) in [6, 6.07) is 8.24. The van der Waals surface area contributed by atoms with Gasteiger partial charge in [0.15, 0.2) is 0 Å². The van der Waals surface area contributed by atoms with E-state index in [-0.39, 0.29) is 17.6 Å². The number of anilines is 1. The number of aryl methyl sites for hydroxylation is 1. The average molecular weight is 326 g/mol. The Morgan fingerprint density at radius 2 is 1.96 bits per heavy atom. The first kappa shape index (κ1) is 15.3. The monoisotopic (exact) mass is 326 g/mol. The summed E-state index contributed by atoms with van der Waals surface area (Å²) < 4.78 is 18.5. The molecule has 1 saturated carbocycles. The molecule has 124 valence electrons. The van der Waals surface area contributed by atoms with Gasteiger partial charge >= 0.3 is 0 Å². The summed E-state index contributed by atoms with van der Waals surface area (Å²) >= 11 is 0. The first-order valence-corrected chi connectivity index (χ1v) is 8.19. The number of rotatable bonds is 4. The van der Waals surface area contributed by atoms with Crippen molar-refractivity contribution in [1.82, 2.24) is 4.98 Å². The molecule has 1 amide bonds. The number of amides is 1. The number of pyridine rings is 1. The molecule has 2 aromatic rings. The Balaban J connectivity index is 1.61. The van der Waals surface area contributed by atoms with E-state index >= 15 is 0 Å². The zero-order chi connectivity index (χ0) is 16.7. The van der Waals surface area contributed by atoms with Crippen LogP contribution < -0.4 is 4.90 Å². The summed E-state index contributed by atoms with van der Waals surface area (Å²) in [5, 5.41) is 0. The van der Waals surface area contributed by atoms with Crippen molar-refractivity contribution in [2.75, 3.05) is 18.1 Å². The second-order valence-corrected chi connectivity index (χ2v) is 6.66. The highest BCUT2D eigenvalue weighted by Gasteiger charge is 2.59. The summed E-state index contributed by atoms with van der Waals surface area (Å²) in [6.45, 7) is 3.73. The Bertz CT molecular complexity index is 752. The van der Waals surface area contributed by atoms with Crippen molar-refractivity contribution in [3.63, 3.8) is 0 Å². The molecule has 1 aliphatic heterocycles. The van der Waals surface area contributed by atoms with Crippen LogP contribution in [0.2, 0.25) is 0 Å². The second-order valence-electron chi connectivity index (χ2n) is 6.66. The average Bonchev–Trinajstić information content (AvgIpc) is 3.06. The van der Waals surface area contributed by atoms with Crippen molar-refractivity contribution in [1.29, 1.82) is 0 Å². The van der Waals surface area contributed by atoms with Crippen LogP contribution in [0.4, 0.5) is 10.1 Å². The summed E-state index contributed by atoms with van der Waals surface area (Å²) in [6.07, 6.45) is 3.48. The third-order valence-electron chi connectivity index (χ3n) is 4.93. The fourth-order valence-electron chi connectivity index (χ4n) is 3.54. The Hall–Kier alpha value is -2.27. The molecule has 2 heterocycles. The number of hydrogen-bond donors (Lipinski definition) is 0. The number of carbonyl (C=O) groups excluding carboxylic acids is 1. The van der Waals surface area contributed by atoms with Gasteiger partial charge in [0.25, 0.3) is 0 Å². The first-order chi connectivity index (χ1) is 11.6. The van der Waals surface area contributed by atoms with E-state index in [1.54, 1.807) is 29.4 Å². The van der Waals surface area contributed by atoms with Crippen molar-refractivity contribution < 1.29 is 13.9 Å². The molecule has 2 aliphatic rings. The van der Waals surface area contributed by atoms with Gasteiger partial charge in [-0.3, -0.25) is 9.78 Å². The lowest BCUT2D eigenvalue weighted by Crippen LogP contribution is -2.33. The minimum atomic E-state index is -0.275. The smallest absolute Gasteiger partial charge is 0.231 e. The van der Waals surface area contributed by atoms with E-state index in [1.807, 2.05) is 13.0 Å². The van der Waals surface area contributed by atoms with Gasteiger partial charge in [-0.25, -0.2) is 4.39 Å². The van der Waals surface area contributed by atoms with Crippen LogP contribution in [-0.2, 0) is 16.1 Å².